The standard InChI is InChI=1S/C14H19N3O2/c1-10-8-11-9-12(15)2-3-13(11)17(10)14(18)16-4-6-19-7-5-16/h2-3,9-10H,4-8,15H2,1H3. The molecule has 3 rings (SSSR count). The number of morpholine rings is 1. The van der Waals surface area contributed by atoms with Gasteiger partial charge in [-0.2, -0.15) is 0 Å². The van der Waals surface area contributed by atoms with Gasteiger partial charge in [0, 0.05) is 30.5 Å². The van der Waals surface area contributed by atoms with Gasteiger partial charge in [-0.3, -0.25) is 4.90 Å². The van der Waals surface area contributed by atoms with Crippen LogP contribution >= 0.6 is 0 Å². The molecule has 2 N–H and O–H groups in total. The predicted molar refractivity (Wildman–Crippen MR) is 74.3 cm³/mol. The van der Waals surface area contributed by atoms with E-state index in [-0.39, 0.29) is 12.1 Å². The van der Waals surface area contributed by atoms with E-state index in [2.05, 4.69) is 6.92 Å². The second-order valence-electron chi connectivity index (χ2n) is 5.19. The molecule has 1 atom stereocenters. The summed E-state index contributed by atoms with van der Waals surface area (Å²) in [4.78, 5) is 16.4. The van der Waals surface area contributed by atoms with Crippen molar-refractivity contribution in [2.24, 2.45) is 0 Å². The number of nitrogen functional groups attached to an aromatic ring is 1. The van der Waals surface area contributed by atoms with Crippen LogP contribution in [0.2, 0.25) is 0 Å². The largest absolute Gasteiger partial charge is 0.399 e. The Bertz CT molecular complexity index is 497. The van der Waals surface area contributed by atoms with Crippen molar-refractivity contribution in [1.29, 1.82) is 0 Å². The molecule has 0 aliphatic carbocycles. The first kappa shape index (κ1) is 12.3. The number of nitrogens with zero attached hydrogens (tertiary/aromatic N) is 2. The molecule has 1 saturated heterocycles. The second-order valence-corrected chi connectivity index (χ2v) is 5.19. The smallest absolute Gasteiger partial charge is 0.324 e. The minimum Gasteiger partial charge on any atom is -0.399 e. The van der Waals surface area contributed by atoms with Crippen LogP contribution in [0.3, 0.4) is 0 Å². The van der Waals surface area contributed by atoms with E-state index in [1.54, 1.807) is 0 Å². The lowest BCUT2D eigenvalue weighted by molar-refractivity contribution is 0.0546. The summed E-state index contributed by atoms with van der Waals surface area (Å²) in [5, 5.41) is 0. The van der Waals surface area contributed by atoms with E-state index in [1.807, 2.05) is 28.0 Å². The van der Waals surface area contributed by atoms with E-state index in [0.29, 0.717) is 26.3 Å². The van der Waals surface area contributed by atoms with Gasteiger partial charge < -0.3 is 15.4 Å². The zero-order valence-corrected chi connectivity index (χ0v) is 11.1. The van der Waals surface area contributed by atoms with E-state index in [4.69, 9.17) is 10.5 Å². The molecule has 0 spiro atoms. The summed E-state index contributed by atoms with van der Waals surface area (Å²) in [6.07, 6.45) is 0.871. The van der Waals surface area contributed by atoms with Crippen molar-refractivity contribution in [1.82, 2.24) is 4.90 Å². The summed E-state index contributed by atoms with van der Waals surface area (Å²) in [6, 6.07) is 6.05. The topological polar surface area (TPSA) is 58.8 Å². The quantitative estimate of drug-likeness (QED) is 0.719. The number of urea groups is 1. The Labute approximate surface area is 112 Å². The van der Waals surface area contributed by atoms with E-state index in [9.17, 15) is 4.79 Å². The van der Waals surface area contributed by atoms with Crippen LogP contribution in [0.5, 0.6) is 0 Å². The molecule has 2 aliphatic rings. The molecule has 2 heterocycles. The van der Waals surface area contributed by atoms with Gasteiger partial charge in [-0.1, -0.05) is 0 Å². The molecule has 1 unspecified atom stereocenters. The molecule has 19 heavy (non-hydrogen) atoms. The number of carbonyl (C=O) groups excluding carboxylic acids is 1. The zero-order chi connectivity index (χ0) is 13.4. The highest BCUT2D eigenvalue weighted by molar-refractivity contribution is 5.95. The van der Waals surface area contributed by atoms with Crippen molar-refractivity contribution < 1.29 is 9.53 Å². The molecule has 1 aromatic rings. The molecular weight excluding hydrogens is 242 g/mol. The molecule has 2 amide bonds. The summed E-state index contributed by atoms with van der Waals surface area (Å²) >= 11 is 0. The molecule has 1 fully saturated rings. The third-order valence-corrected chi connectivity index (χ3v) is 3.81. The average Bonchev–Trinajstić information content (AvgIpc) is 2.74. The van der Waals surface area contributed by atoms with Crippen molar-refractivity contribution >= 4 is 17.4 Å². The van der Waals surface area contributed by atoms with Crippen LogP contribution in [0, 0.1) is 0 Å². The fourth-order valence-electron chi connectivity index (χ4n) is 2.85. The number of rotatable bonds is 0. The number of anilines is 2. The van der Waals surface area contributed by atoms with Crippen LogP contribution in [-0.4, -0.2) is 43.3 Å². The first-order chi connectivity index (χ1) is 9.16. The van der Waals surface area contributed by atoms with Gasteiger partial charge in [-0.05, 0) is 37.1 Å². The number of amides is 2. The van der Waals surface area contributed by atoms with Gasteiger partial charge in [-0.25, -0.2) is 4.79 Å². The third-order valence-electron chi connectivity index (χ3n) is 3.81. The molecule has 0 bridgehead atoms. The van der Waals surface area contributed by atoms with Crippen molar-refractivity contribution in [2.75, 3.05) is 36.9 Å². The highest BCUT2D eigenvalue weighted by Crippen LogP contribution is 2.34. The van der Waals surface area contributed by atoms with E-state index >= 15 is 0 Å². The van der Waals surface area contributed by atoms with Gasteiger partial charge >= 0.3 is 6.03 Å². The normalized spacial score (nSPS) is 22.5. The maximum atomic E-state index is 12.6. The van der Waals surface area contributed by atoms with Gasteiger partial charge in [-0.15, -0.1) is 0 Å². The van der Waals surface area contributed by atoms with Crippen molar-refractivity contribution in [3.05, 3.63) is 23.8 Å². The Balaban J connectivity index is 1.86. The number of hydrogen-bond acceptors (Lipinski definition) is 3. The van der Waals surface area contributed by atoms with Gasteiger partial charge in [0.2, 0.25) is 0 Å². The zero-order valence-electron chi connectivity index (χ0n) is 11.1. The lowest BCUT2D eigenvalue weighted by Gasteiger charge is -2.33. The third kappa shape index (κ3) is 2.14. The molecule has 102 valence electrons. The van der Waals surface area contributed by atoms with E-state index in [0.717, 1.165) is 23.4 Å². The molecule has 2 aliphatic heterocycles. The Morgan fingerprint density at radius 2 is 2.11 bits per heavy atom. The van der Waals surface area contributed by atoms with Crippen molar-refractivity contribution in [3.63, 3.8) is 0 Å². The average molecular weight is 261 g/mol. The number of fused-ring (bicyclic) bond motifs is 1. The Hall–Kier alpha value is -1.75. The summed E-state index contributed by atoms with van der Waals surface area (Å²) in [6.45, 7) is 4.68. The first-order valence-electron chi connectivity index (χ1n) is 6.71. The highest BCUT2D eigenvalue weighted by atomic mass is 16.5. The van der Waals surface area contributed by atoms with Gasteiger partial charge in [0.25, 0.3) is 0 Å². The fourth-order valence-corrected chi connectivity index (χ4v) is 2.85. The van der Waals surface area contributed by atoms with Crippen LogP contribution < -0.4 is 10.6 Å². The number of carbonyl (C=O) groups is 1. The lowest BCUT2D eigenvalue weighted by atomic mass is 10.1. The predicted octanol–water partition coefficient (Wildman–Crippen LogP) is 1.47. The summed E-state index contributed by atoms with van der Waals surface area (Å²) < 4.78 is 5.30. The Morgan fingerprint density at radius 3 is 2.84 bits per heavy atom. The fraction of sp³-hybridized carbons (Fsp3) is 0.500. The van der Waals surface area contributed by atoms with E-state index in [1.165, 1.54) is 0 Å². The first-order valence-corrected chi connectivity index (χ1v) is 6.71. The minimum atomic E-state index is 0.0827. The molecular formula is C14H19N3O2. The Morgan fingerprint density at radius 1 is 1.37 bits per heavy atom. The maximum Gasteiger partial charge on any atom is 0.324 e. The number of nitrogens with two attached hydrogens (primary N) is 1. The van der Waals surface area contributed by atoms with Gasteiger partial charge in [0.15, 0.2) is 0 Å². The lowest BCUT2D eigenvalue weighted by Crippen LogP contribution is -2.50. The molecule has 0 radical (unpaired) electrons. The summed E-state index contributed by atoms with van der Waals surface area (Å²) in [5.41, 5.74) is 8.73. The molecule has 0 aromatic heterocycles. The van der Waals surface area contributed by atoms with Crippen molar-refractivity contribution in [3.8, 4) is 0 Å². The number of ether oxygens (including phenoxy) is 1. The summed E-state index contributed by atoms with van der Waals surface area (Å²) in [7, 11) is 0. The minimum absolute atomic E-state index is 0.0827. The number of hydrogen-bond donors (Lipinski definition) is 1. The summed E-state index contributed by atoms with van der Waals surface area (Å²) in [5.74, 6) is 0. The molecule has 1 aromatic carbocycles. The van der Waals surface area contributed by atoms with E-state index < -0.39 is 0 Å². The SMILES string of the molecule is CC1Cc2cc(N)ccc2N1C(=O)N1CCOCC1. The molecule has 5 heteroatoms. The van der Waals surface area contributed by atoms with Crippen LogP contribution in [0.4, 0.5) is 16.2 Å². The van der Waals surface area contributed by atoms with Gasteiger partial charge in [0.05, 0.1) is 13.2 Å². The van der Waals surface area contributed by atoms with Crippen LogP contribution in [0.25, 0.3) is 0 Å². The van der Waals surface area contributed by atoms with Gasteiger partial charge in [0.1, 0.15) is 0 Å². The van der Waals surface area contributed by atoms with Crippen LogP contribution in [-0.2, 0) is 11.2 Å². The highest BCUT2D eigenvalue weighted by Gasteiger charge is 2.34. The molecule has 0 saturated carbocycles. The maximum absolute atomic E-state index is 12.6. The van der Waals surface area contributed by atoms with Crippen LogP contribution in [0.1, 0.15) is 12.5 Å². The van der Waals surface area contributed by atoms with Crippen molar-refractivity contribution in [2.45, 2.75) is 19.4 Å². The van der Waals surface area contributed by atoms with Crippen LogP contribution in [0.15, 0.2) is 18.2 Å². The second kappa shape index (κ2) is 4.74. The Kier molecular flexibility index (Phi) is 3.06. The monoisotopic (exact) mass is 261 g/mol. The molecule has 5 nitrogen and oxygen atoms in total. The number of benzene rings is 1.